The Labute approximate surface area is 116 Å². The van der Waals surface area contributed by atoms with Gasteiger partial charge in [0.1, 0.15) is 5.01 Å². The molecule has 0 bridgehead atoms. The molecule has 1 atom stereocenters. The van der Waals surface area contributed by atoms with E-state index in [2.05, 4.69) is 17.1 Å². The van der Waals surface area contributed by atoms with Crippen molar-refractivity contribution in [1.29, 1.82) is 0 Å². The fraction of sp³-hybridized carbons (Fsp3) is 0.357. The number of aromatic nitrogens is 1. The van der Waals surface area contributed by atoms with Gasteiger partial charge >= 0.3 is 0 Å². The smallest absolute Gasteiger partial charge is 0.106 e. The van der Waals surface area contributed by atoms with Crippen LogP contribution in [-0.4, -0.2) is 10.7 Å². The number of anilines is 1. The van der Waals surface area contributed by atoms with Gasteiger partial charge in [-0.1, -0.05) is 18.6 Å². The zero-order valence-electron chi connectivity index (χ0n) is 10.1. The van der Waals surface area contributed by atoms with Crippen LogP contribution in [0.1, 0.15) is 29.5 Å². The SMILES string of the molecule is Nc1ccc(-c2csc(C3CCCCS3)n2)cc1. The number of hydrogen-bond acceptors (Lipinski definition) is 4. The van der Waals surface area contributed by atoms with E-state index in [1.165, 1.54) is 30.0 Å². The molecule has 1 fully saturated rings. The molecule has 1 aliphatic heterocycles. The summed E-state index contributed by atoms with van der Waals surface area (Å²) in [6.07, 6.45) is 3.98. The van der Waals surface area contributed by atoms with Gasteiger partial charge in [-0.15, -0.1) is 11.3 Å². The van der Waals surface area contributed by atoms with E-state index in [9.17, 15) is 0 Å². The molecule has 3 rings (SSSR count). The highest BCUT2D eigenvalue weighted by Crippen LogP contribution is 2.40. The number of nitrogen functional groups attached to an aromatic ring is 1. The molecule has 94 valence electrons. The summed E-state index contributed by atoms with van der Waals surface area (Å²) in [7, 11) is 0. The predicted molar refractivity (Wildman–Crippen MR) is 81.0 cm³/mol. The van der Waals surface area contributed by atoms with Crippen molar-refractivity contribution in [2.75, 3.05) is 11.5 Å². The predicted octanol–water partition coefficient (Wildman–Crippen LogP) is 4.35. The molecule has 2 aromatic rings. The average molecular weight is 276 g/mol. The monoisotopic (exact) mass is 276 g/mol. The van der Waals surface area contributed by atoms with Crippen molar-refractivity contribution in [2.24, 2.45) is 0 Å². The first-order valence-electron chi connectivity index (χ1n) is 6.26. The van der Waals surface area contributed by atoms with Crippen molar-refractivity contribution in [2.45, 2.75) is 24.5 Å². The van der Waals surface area contributed by atoms with Gasteiger partial charge in [-0.2, -0.15) is 11.8 Å². The summed E-state index contributed by atoms with van der Waals surface area (Å²) in [5.41, 5.74) is 8.75. The normalized spacial score (nSPS) is 19.9. The fourth-order valence-corrected chi connectivity index (χ4v) is 4.55. The third kappa shape index (κ3) is 2.54. The van der Waals surface area contributed by atoms with Crippen LogP contribution in [0.4, 0.5) is 5.69 Å². The lowest BCUT2D eigenvalue weighted by Crippen LogP contribution is -2.01. The molecule has 0 saturated carbocycles. The summed E-state index contributed by atoms with van der Waals surface area (Å²) in [5.74, 6) is 1.28. The number of hydrogen-bond donors (Lipinski definition) is 1. The Bertz CT molecular complexity index is 513. The first-order chi connectivity index (χ1) is 8.83. The van der Waals surface area contributed by atoms with Gasteiger partial charge in [0, 0.05) is 16.6 Å². The van der Waals surface area contributed by atoms with Gasteiger partial charge in [-0.05, 0) is 30.7 Å². The zero-order valence-corrected chi connectivity index (χ0v) is 11.8. The molecule has 2 N–H and O–H groups in total. The zero-order chi connectivity index (χ0) is 12.4. The van der Waals surface area contributed by atoms with Crippen LogP contribution >= 0.6 is 23.1 Å². The molecular weight excluding hydrogens is 260 g/mol. The molecule has 2 nitrogen and oxygen atoms in total. The molecule has 1 aliphatic rings. The van der Waals surface area contributed by atoms with E-state index in [4.69, 9.17) is 10.7 Å². The minimum absolute atomic E-state index is 0.617. The van der Waals surface area contributed by atoms with Gasteiger partial charge in [-0.3, -0.25) is 0 Å². The summed E-state index contributed by atoms with van der Waals surface area (Å²) in [6.45, 7) is 0. The topological polar surface area (TPSA) is 38.9 Å². The molecule has 0 aliphatic carbocycles. The van der Waals surface area contributed by atoms with Crippen LogP contribution in [0.15, 0.2) is 29.6 Å². The summed E-state index contributed by atoms with van der Waals surface area (Å²) >= 11 is 3.85. The molecule has 18 heavy (non-hydrogen) atoms. The van der Waals surface area contributed by atoms with Crippen LogP contribution < -0.4 is 5.73 Å². The number of thiazole rings is 1. The Kier molecular flexibility index (Phi) is 3.57. The minimum atomic E-state index is 0.617. The van der Waals surface area contributed by atoms with E-state index in [0.29, 0.717) is 5.25 Å². The number of nitrogens with two attached hydrogens (primary N) is 1. The Morgan fingerprint density at radius 3 is 2.72 bits per heavy atom. The first-order valence-corrected chi connectivity index (χ1v) is 8.19. The number of thioether (sulfide) groups is 1. The third-order valence-electron chi connectivity index (χ3n) is 3.18. The second-order valence-corrected chi connectivity index (χ2v) is 6.75. The molecular formula is C14H16N2S2. The molecule has 2 heterocycles. The molecule has 4 heteroatoms. The van der Waals surface area contributed by atoms with Crippen LogP contribution in [0, 0.1) is 0 Å². The molecule has 1 unspecified atom stereocenters. The van der Waals surface area contributed by atoms with Crippen molar-refractivity contribution in [1.82, 2.24) is 4.98 Å². The lowest BCUT2D eigenvalue weighted by molar-refractivity contribution is 0.684. The maximum absolute atomic E-state index is 5.71. The van der Waals surface area contributed by atoms with E-state index < -0.39 is 0 Å². The minimum Gasteiger partial charge on any atom is -0.399 e. The summed E-state index contributed by atoms with van der Waals surface area (Å²) in [6, 6.07) is 7.96. The fourth-order valence-electron chi connectivity index (χ4n) is 2.16. The van der Waals surface area contributed by atoms with Crippen LogP contribution in [0.5, 0.6) is 0 Å². The van der Waals surface area contributed by atoms with Gasteiger partial charge in [-0.25, -0.2) is 4.98 Å². The van der Waals surface area contributed by atoms with Crippen molar-refractivity contribution in [3.8, 4) is 11.3 Å². The summed E-state index contributed by atoms with van der Waals surface area (Å²) in [5, 5.41) is 4.06. The third-order valence-corrected chi connectivity index (χ3v) is 5.68. The van der Waals surface area contributed by atoms with Crippen LogP contribution in [-0.2, 0) is 0 Å². The van der Waals surface area contributed by atoms with Crippen LogP contribution in [0.3, 0.4) is 0 Å². The van der Waals surface area contributed by atoms with Gasteiger partial charge in [0.05, 0.1) is 10.9 Å². The highest BCUT2D eigenvalue weighted by molar-refractivity contribution is 7.99. The van der Waals surface area contributed by atoms with Crippen molar-refractivity contribution >= 4 is 28.8 Å². The van der Waals surface area contributed by atoms with Gasteiger partial charge < -0.3 is 5.73 Å². The summed E-state index contributed by atoms with van der Waals surface area (Å²) < 4.78 is 0. The standard InChI is InChI=1S/C14H16N2S2/c15-11-6-4-10(5-7-11)12-9-18-14(16-12)13-3-1-2-8-17-13/h4-7,9,13H,1-3,8,15H2. The van der Waals surface area contributed by atoms with E-state index in [0.717, 1.165) is 16.9 Å². The lowest BCUT2D eigenvalue weighted by Gasteiger charge is -2.18. The maximum atomic E-state index is 5.71. The lowest BCUT2D eigenvalue weighted by atomic mass is 10.1. The second-order valence-electron chi connectivity index (χ2n) is 4.55. The number of rotatable bonds is 2. The average Bonchev–Trinajstić information content (AvgIpc) is 2.90. The maximum Gasteiger partial charge on any atom is 0.106 e. The van der Waals surface area contributed by atoms with E-state index in [-0.39, 0.29) is 0 Å². The van der Waals surface area contributed by atoms with Crippen molar-refractivity contribution < 1.29 is 0 Å². The molecule has 1 saturated heterocycles. The molecule has 1 aromatic heterocycles. The molecule has 0 amide bonds. The Morgan fingerprint density at radius 1 is 1.17 bits per heavy atom. The molecule has 0 spiro atoms. The molecule has 1 aromatic carbocycles. The van der Waals surface area contributed by atoms with E-state index in [1.807, 2.05) is 24.3 Å². The largest absolute Gasteiger partial charge is 0.399 e. The number of nitrogens with zero attached hydrogens (tertiary/aromatic N) is 1. The van der Waals surface area contributed by atoms with Crippen LogP contribution in [0.25, 0.3) is 11.3 Å². The van der Waals surface area contributed by atoms with Crippen molar-refractivity contribution in [3.63, 3.8) is 0 Å². The van der Waals surface area contributed by atoms with Gasteiger partial charge in [0.15, 0.2) is 0 Å². The quantitative estimate of drug-likeness (QED) is 0.829. The van der Waals surface area contributed by atoms with E-state index >= 15 is 0 Å². The Balaban J connectivity index is 1.82. The molecule has 0 radical (unpaired) electrons. The van der Waals surface area contributed by atoms with Gasteiger partial charge in [0.25, 0.3) is 0 Å². The van der Waals surface area contributed by atoms with Gasteiger partial charge in [0.2, 0.25) is 0 Å². The Hall–Kier alpha value is -1.00. The highest BCUT2D eigenvalue weighted by atomic mass is 32.2. The second kappa shape index (κ2) is 5.33. The van der Waals surface area contributed by atoms with Crippen LogP contribution in [0.2, 0.25) is 0 Å². The Morgan fingerprint density at radius 2 is 2.00 bits per heavy atom. The van der Waals surface area contributed by atoms with E-state index in [1.54, 1.807) is 11.3 Å². The summed E-state index contributed by atoms with van der Waals surface area (Å²) in [4.78, 5) is 4.79. The highest BCUT2D eigenvalue weighted by Gasteiger charge is 2.19. The number of benzene rings is 1. The first kappa shape index (κ1) is 12.1. The van der Waals surface area contributed by atoms with Crippen molar-refractivity contribution in [3.05, 3.63) is 34.7 Å².